The van der Waals surface area contributed by atoms with Crippen molar-refractivity contribution in [2.45, 2.75) is 37.5 Å². The molecule has 1 aliphatic rings. The Labute approximate surface area is 137 Å². The summed E-state index contributed by atoms with van der Waals surface area (Å²) >= 11 is 11.6. The Hall–Kier alpha value is -0.190. The minimum Gasteiger partial charge on any atom is -0.327 e. The van der Waals surface area contributed by atoms with Crippen LogP contribution in [0, 0.1) is 0 Å². The van der Waals surface area contributed by atoms with E-state index in [1.807, 2.05) is 0 Å². The average Bonchev–Trinajstić information content (AvgIpc) is 2.77. The largest absolute Gasteiger partial charge is 0.327 e. The van der Waals surface area contributed by atoms with Gasteiger partial charge in [0.25, 0.3) is 0 Å². The topological polar surface area (TPSA) is 17.8 Å². The van der Waals surface area contributed by atoms with Crippen molar-refractivity contribution < 1.29 is 0 Å². The Kier molecular flexibility index (Phi) is 4.95. The molecule has 1 fully saturated rings. The van der Waals surface area contributed by atoms with Gasteiger partial charge in [0.05, 0.1) is 11.0 Å². The van der Waals surface area contributed by atoms with E-state index >= 15 is 0 Å². The van der Waals surface area contributed by atoms with Crippen LogP contribution in [0.25, 0.3) is 11.0 Å². The van der Waals surface area contributed by atoms with Gasteiger partial charge in [-0.2, -0.15) is 11.8 Å². The molecule has 0 N–H and O–H groups in total. The first kappa shape index (κ1) is 14.7. The van der Waals surface area contributed by atoms with E-state index in [4.69, 9.17) is 16.6 Å². The predicted octanol–water partition coefficient (Wildman–Crippen LogP) is 4.87. The van der Waals surface area contributed by atoms with Crippen molar-refractivity contribution in [3.8, 4) is 0 Å². The molecule has 20 heavy (non-hydrogen) atoms. The zero-order valence-electron chi connectivity index (χ0n) is 11.3. The van der Waals surface area contributed by atoms with Gasteiger partial charge in [-0.25, -0.2) is 4.98 Å². The third-order valence-electron chi connectivity index (χ3n) is 3.77. The van der Waals surface area contributed by atoms with E-state index in [2.05, 4.69) is 50.5 Å². The second kappa shape index (κ2) is 6.71. The molecule has 0 radical (unpaired) electrons. The maximum Gasteiger partial charge on any atom is 0.111 e. The van der Waals surface area contributed by atoms with Crippen LogP contribution >= 0.6 is 39.3 Å². The first-order valence-electron chi connectivity index (χ1n) is 7.10. The van der Waals surface area contributed by atoms with Crippen LogP contribution in [0.4, 0.5) is 0 Å². The maximum atomic E-state index is 5.94. The molecule has 0 amide bonds. The number of alkyl halides is 1. The number of aromatic nitrogens is 2. The molecule has 0 aliphatic carbocycles. The highest BCUT2D eigenvalue weighted by molar-refractivity contribution is 9.10. The molecule has 0 spiro atoms. The molecule has 1 aromatic carbocycles. The lowest BCUT2D eigenvalue weighted by Gasteiger charge is -2.22. The fourth-order valence-electron chi connectivity index (χ4n) is 2.79. The van der Waals surface area contributed by atoms with Crippen molar-refractivity contribution in [1.82, 2.24) is 9.55 Å². The molecule has 1 atom stereocenters. The van der Waals surface area contributed by atoms with E-state index in [-0.39, 0.29) is 0 Å². The third-order valence-corrected chi connectivity index (χ3v) is 5.83. The van der Waals surface area contributed by atoms with E-state index in [0.717, 1.165) is 34.0 Å². The fraction of sp³-hybridized carbons (Fsp3) is 0.533. The summed E-state index contributed by atoms with van der Waals surface area (Å²) in [5.41, 5.74) is 2.31. The van der Waals surface area contributed by atoms with Crippen LogP contribution in [0.5, 0.6) is 0 Å². The highest BCUT2D eigenvalue weighted by atomic mass is 79.9. The van der Waals surface area contributed by atoms with Gasteiger partial charge in [0.1, 0.15) is 5.82 Å². The molecule has 1 aromatic heterocycles. The molecule has 0 bridgehead atoms. The van der Waals surface area contributed by atoms with Crippen molar-refractivity contribution >= 4 is 50.3 Å². The second-order valence-corrected chi connectivity index (χ2v) is 7.90. The Morgan fingerprint density at radius 3 is 3.05 bits per heavy atom. The van der Waals surface area contributed by atoms with Gasteiger partial charge in [-0.05, 0) is 36.8 Å². The second-order valence-electron chi connectivity index (χ2n) is 5.20. The lowest BCUT2D eigenvalue weighted by Crippen LogP contribution is -2.18. The lowest BCUT2D eigenvalue weighted by atomic mass is 10.2. The van der Waals surface area contributed by atoms with Crippen LogP contribution in [-0.4, -0.2) is 26.4 Å². The summed E-state index contributed by atoms with van der Waals surface area (Å²) in [7, 11) is 0. The van der Waals surface area contributed by atoms with E-state index in [1.54, 1.807) is 0 Å². The zero-order chi connectivity index (χ0) is 13.9. The molecule has 2 aromatic rings. The Bertz CT molecular complexity index is 593. The number of thioether (sulfide) groups is 1. The summed E-state index contributed by atoms with van der Waals surface area (Å²) in [4.78, 5) is 4.77. The molecule has 3 rings (SSSR count). The first-order valence-corrected chi connectivity index (χ1v) is 9.48. The number of rotatable bonds is 4. The lowest BCUT2D eigenvalue weighted by molar-refractivity contribution is 0.577. The van der Waals surface area contributed by atoms with E-state index < -0.39 is 0 Å². The maximum absolute atomic E-state index is 5.94. The summed E-state index contributed by atoms with van der Waals surface area (Å²) in [6.45, 7) is 1.06. The number of nitrogens with zero attached hydrogens (tertiary/aromatic N) is 2. The van der Waals surface area contributed by atoms with Crippen LogP contribution in [-0.2, 0) is 13.0 Å². The average molecular weight is 374 g/mol. The molecule has 108 valence electrons. The summed E-state index contributed by atoms with van der Waals surface area (Å²) in [5, 5.41) is 0.721. The molecule has 1 unspecified atom stereocenters. The van der Waals surface area contributed by atoms with Gasteiger partial charge in [-0.15, -0.1) is 11.6 Å². The molecule has 2 nitrogen and oxygen atoms in total. The Morgan fingerprint density at radius 1 is 1.40 bits per heavy atom. The zero-order valence-corrected chi connectivity index (χ0v) is 14.5. The summed E-state index contributed by atoms with van der Waals surface area (Å²) in [5.74, 6) is 3.05. The van der Waals surface area contributed by atoms with Gasteiger partial charge in [0.15, 0.2) is 0 Å². The number of aryl methyl sites for hydroxylation is 1. The molecular weight excluding hydrogens is 356 g/mol. The number of imidazole rings is 1. The molecule has 1 saturated heterocycles. The fourth-order valence-corrected chi connectivity index (χ4v) is 4.60. The monoisotopic (exact) mass is 372 g/mol. The highest BCUT2D eigenvalue weighted by Gasteiger charge is 2.18. The molecule has 0 saturated carbocycles. The van der Waals surface area contributed by atoms with Crippen LogP contribution in [0.2, 0.25) is 0 Å². The van der Waals surface area contributed by atoms with Crippen molar-refractivity contribution in [1.29, 1.82) is 0 Å². The van der Waals surface area contributed by atoms with Gasteiger partial charge in [-0.3, -0.25) is 0 Å². The molecule has 1 aliphatic heterocycles. The predicted molar refractivity (Wildman–Crippen MR) is 92.0 cm³/mol. The van der Waals surface area contributed by atoms with Crippen LogP contribution in [0.3, 0.4) is 0 Å². The summed E-state index contributed by atoms with van der Waals surface area (Å²) in [6, 6.07) is 6.36. The van der Waals surface area contributed by atoms with E-state index in [1.165, 1.54) is 30.5 Å². The molecular formula is C15H18BrClN2S. The smallest absolute Gasteiger partial charge is 0.111 e. The normalized spacial score (nSPS) is 19.6. The van der Waals surface area contributed by atoms with Crippen LogP contribution in [0.15, 0.2) is 22.7 Å². The van der Waals surface area contributed by atoms with Crippen LogP contribution < -0.4 is 0 Å². The highest BCUT2D eigenvalue weighted by Crippen LogP contribution is 2.29. The van der Waals surface area contributed by atoms with Crippen molar-refractivity contribution in [2.24, 2.45) is 0 Å². The van der Waals surface area contributed by atoms with Gasteiger partial charge in [0, 0.05) is 28.6 Å². The third kappa shape index (κ3) is 3.18. The van der Waals surface area contributed by atoms with E-state index in [0.29, 0.717) is 5.88 Å². The van der Waals surface area contributed by atoms with Gasteiger partial charge < -0.3 is 4.57 Å². The number of benzene rings is 1. The summed E-state index contributed by atoms with van der Waals surface area (Å²) < 4.78 is 3.46. The number of hydrogen-bond donors (Lipinski definition) is 0. The first-order chi connectivity index (χ1) is 9.78. The minimum atomic E-state index is 0.627. The van der Waals surface area contributed by atoms with Crippen molar-refractivity contribution in [3.63, 3.8) is 0 Å². The number of halogens is 2. The Balaban J connectivity index is 1.95. The SMILES string of the molecule is ClCCc1nc2cc(Br)ccc2n1CC1CCCCS1. The minimum absolute atomic E-state index is 0.627. The van der Waals surface area contributed by atoms with Crippen LogP contribution in [0.1, 0.15) is 25.1 Å². The standard InChI is InChI=1S/C15H18BrClN2S/c16-11-4-5-14-13(9-11)18-15(6-7-17)19(14)10-12-3-1-2-8-20-12/h4-5,9,12H,1-3,6-8,10H2. The molecule has 2 heterocycles. The van der Waals surface area contributed by atoms with Gasteiger partial charge in [0.2, 0.25) is 0 Å². The van der Waals surface area contributed by atoms with Gasteiger partial charge in [-0.1, -0.05) is 22.4 Å². The van der Waals surface area contributed by atoms with Gasteiger partial charge >= 0.3 is 0 Å². The van der Waals surface area contributed by atoms with Crippen molar-refractivity contribution in [2.75, 3.05) is 11.6 Å². The molecule has 5 heteroatoms. The summed E-state index contributed by atoms with van der Waals surface area (Å²) in [6.07, 6.45) is 4.89. The number of hydrogen-bond acceptors (Lipinski definition) is 2. The van der Waals surface area contributed by atoms with E-state index in [9.17, 15) is 0 Å². The Morgan fingerprint density at radius 2 is 2.30 bits per heavy atom. The number of fused-ring (bicyclic) bond motifs is 1. The quantitative estimate of drug-likeness (QED) is 0.712. The van der Waals surface area contributed by atoms with Crippen molar-refractivity contribution in [3.05, 3.63) is 28.5 Å².